The normalized spacial score (nSPS) is 21.6. The van der Waals surface area contributed by atoms with Crippen LogP contribution in [0.5, 0.6) is 0 Å². The number of aliphatic hydroxyl groups is 1. The number of hydrogen-bond donors (Lipinski definition) is 8. The molecule has 2 aliphatic heterocycles. The number of nitrogens with zero attached hydrogens (tertiary/aromatic N) is 5. The van der Waals surface area contributed by atoms with Crippen molar-refractivity contribution in [2.75, 3.05) is 91.6 Å². The summed E-state index contributed by atoms with van der Waals surface area (Å²) in [7, 11) is 0. The maximum Gasteiger partial charge on any atom is 0.317 e. The Kier molecular flexibility index (Phi) is 19.5. The van der Waals surface area contributed by atoms with Crippen LogP contribution < -0.4 is 22.1 Å². The summed E-state index contributed by atoms with van der Waals surface area (Å²) in [6, 6.07) is 5.00. The van der Waals surface area contributed by atoms with Crippen molar-refractivity contribution in [3.63, 3.8) is 0 Å². The number of hydrogen-bond acceptors (Lipinski definition) is 13. The first-order chi connectivity index (χ1) is 24.7. The Balaban J connectivity index is 0.00000972. The number of aliphatic carboxylic acids is 3. The first-order valence-corrected chi connectivity index (χ1v) is 16.8. The number of benzene rings is 1. The minimum Gasteiger partial charge on any atom is -0.480 e. The largest absolute Gasteiger partial charge is 0.480 e. The summed E-state index contributed by atoms with van der Waals surface area (Å²) in [5.41, 5.74) is 11.5. The van der Waals surface area contributed by atoms with Gasteiger partial charge in [-0.05, 0) is 5.56 Å². The topological polar surface area (TPSA) is 293 Å². The maximum atomic E-state index is 14.3. The molecule has 20 nitrogen and oxygen atoms in total. The van der Waals surface area contributed by atoms with Crippen LogP contribution in [0.3, 0.4) is 0 Å². The number of rotatable bonds is 15. The van der Waals surface area contributed by atoms with Gasteiger partial charge in [-0.3, -0.25) is 53.2 Å². The van der Waals surface area contributed by atoms with Gasteiger partial charge in [0, 0.05) is 102 Å². The van der Waals surface area contributed by atoms with Crippen LogP contribution in [0.1, 0.15) is 5.56 Å². The van der Waals surface area contributed by atoms with Crippen LogP contribution >= 0.6 is 0 Å². The van der Waals surface area contributed by atoms with E-state index in [0.717, 1.165) is 4.90 Å². The Labute approximate surface area is 335 Å². The molecule has 303 valence electrons. The molecule has 0 spiro atoms. The molecule has 0 bridgehead atoms. The first kappa shape index (κ1) is 45.7. The summed E-state index contributed by atoms with van der Waals surface area (Å²) >= 11 is 0. The Morgan fingerprint density at radius 1 is 0.774 bits per heavy atom. The standard InChI is InChI=1S/C32H49N9O11.Lu/c33-15-25(44)36-22(14-21-4-2-1-3-5-21)32(52)41-17-23(42)29(30(41)31(51)35-16-24(34)43)40-12-10-38(19-27(47)48)8-6-37(18-26(45)46)7-9-39(11-13-40)20-28(49)50;/h1-5,22-23,29-30,42H,6-20,33H2,(H2,34,43)(H,35,51)(H,36,44)(H,45,46)(H,47,48)(H,49,50);/t22-,23-,29?,30-;/m0./s1. The molecule has 1 aromatic carbocycles. The number of amides is 4. The predicted octanol–water partition coefficient (Wildman–Crippen LogP) is -5.31. The fourth-order valence-electron chi connectivity index (χ4n) is 6.47. The quantitative estimate of drug-likeness (QED) is 0.0816. The van der Waals surface area contributed by atoms with Gasteiger partial charge in [-0.15, -0.1) is 0 Å². The third kappa shape index (κ3) is 15.0. The van der Waals surface area contributed by atoms with Gasteiger partial charge in [0.25, 0.3) is 0 Å². The van der Waals surface area contributed by atoms with Gasteiger partial charge in [-0.25, -0.2) is 0 Å². The van der Waals surface area contributed by atoms with E-state index in [9.17, 15) is 54.0 Å². The second kappa shape index (κ2) is 22.7. The van der Waals surface area contributed by atoms with E-state index in [1.807, 2.05) is 0 Å². The minimum absolute atomic E-state index is 0. The number of carbonyl (C=O) groups excluding carboxylic acids is 4. The number of nitrogens with two attached hydrogens (primary N) is 2. The summed E-state index contributed by atoms with van der Waals surface area (Å²) < 4.78 is 0. The number of likely N-dealkylation sites (tertiary alicyclic amines) is 1. The van der Waals surface area contributed by atoms with Crippen molar-refractivity contribution in [3.05, 3.63) is 35.9 Å². The van der Waals surface area contributed by atoms with E-state index >= 15 is 0 Å². The van der Waals surface area contributed by atoms with Crippen molar-refractivity contribution < 1.29 is 90.9 Å². The number of nitrogens with one attached hydrogen (secondary N) is 2. The third-order valence-electron chi connectivity index (χ3n) is 8.90. The Morgan fingerprint density at radius 2 is 1.25 bits per heavy atom. The van der Waals surface area contributed by atoms with E-state index in [4.69, 9.17) is 11.5 Å². The first-order valence-electron chi connectivity index (χ1n) is 16.8. The van der Waals surface area contributed by atoms with Crippen molar-refractivity contribution in [1.29, 1.82) is 0 Å². The Bertz CT molecular complexity index is 1390. The van der Waals surface area contributed by atoms with Crippen molar-refractivity contribution in [3.8, 4) is 0 Å². The molecule has 10 N–H and O–H groups in total. The van der Waals surface area contributed by atoms with Crippen LogP contribution in [0, 0.1) is 36.9 Å². The number of aliphatic hydroxyl groups excluding tert-OH is 1. The average molecular weight is 911 g/mol. The van der Waals surface area contributed by atoms with Crippen LogP contribution in [0.2, 0.25) is 0 Å². The number of carboxylic acid groups (broad SMARTS) is 3. The zero-order valence-electron chi connectivity index (χ0n) is 29.1. The zero-order chi connectivity index (χ0) is 38.4. The fraction of sp³-hybridized carbons (Fsp3) is 0.594. The Morgan fingerprint density at radius 3 is 1.68 bits per heavy atom. The zero-order valence-corrected chi connectivity index (χ0v) is 30.8. The second-order valence-electron chi connectivity index (χ2n) is 12.7. The van der Waals surface area contributed by atoms with Gasteiger partial charge < -0.3 is 47.4 Å². The van der Waals surface area contributed by atoms with Gasteiger partial charge in [0.2, 0.25) is 23.6 Å². The molecule has 0 saturated carbocycles. The molecular formula is C32H49LuN9O11. The average Bonchev–Trinajstić information content (AvgIpc) is 3.42. The fourth-order valence-corrected chi connectivity index (χ4v) is 6.47. The van der Waals surface area contributed by atoms with E-state index in [0.29, 0.717) is 5.56 Å². The molecular weight excluding hydrogens is 861 g/mol. The van der Waals surface area contributed by atoms with E-state index < -0.39 is 91.9 Å². The summed E-state index contributed by atoms with van der Waals surface area (Å²) in [4.78, 5) is 94.9. The summed E-state index contributed by atoms with van der Waals surface area (Å²) in [6.45, 7) is -1.71. The minimum atomic E-state index is -1.44. The van der Waals surface area contributed by atoms with Gasteiger partial charge in [0.05, 0.1) is 44.9 Å². The molecule has 1 aromatic rings. The molecule has 2 heterocycles. The number of carboxylic acids is 3. The molecule has 1 unspecified atom stereocenters. The molecule has 21 heteroatoms. The van der Waals surface area contributed by atoms with Crippen LogP contribution in [0.15, 0.2) is 30.3 Å². The predicted molar refractivity (Wildman–Crippen MR) is 182 cm³/mol. The molecule has 3 rings (SSSR count). The van der Waals surface area contributed by atoms with E-state index in [-0.39, 0.29) is 109 Å². The third-order valence-corrected chi connectivity index (χ3v) is 8.90. The van der Waals surface area contributed by atoms with E-state index in [1.165, 1.54) is 0 Å². The molecule has 53 heavy (non-hydrogen) atoms. The van der Waals surface area contributed by atoms with Crippen LogP contribution in [0.4, 0.5) is 0 Å². The van der Waals surface area contributed by atoms with E-state index in [1.54, 1.807) is 49.9 Å². The van der Waals surface area contributed by atoms with Gasteiger partial charge in [0.1, 0.15) is 12.1 Å². The molecule has 2 saturated heterocycles. The maximum absolute atomic E-state index is 14.3. The summed E-state index contributed by atoms with van der Waals surface area (Å²) in [6.07, 6.45) is -1.34. The number of primary amides is 1. The molecule has 2 fully saturated rings. The van der Waals surface area contributed by atoms with Gasteiger partial charge >= 0.3 is 17.9 Å². The Hall–Kier alpha value is -3.50. The van der Waals surface area contributed by atoms with Crippen molar-refractivity contribution in [2.45, 2.75) is 30.7 Å². The van der Waals surface area contributed by atoms with Crippen molar-refractivity contribution >= 4 is 41.5 Å². The molecule has 1 radical (unpaired) electrons. The summed E-state index contributed by atoms with van der Waals surface area (Å²) in [5.74, 6) is -6.41. The van der Waals surface area contributed by atoms with Crippen LogP contribution in [0.25, 0.3) is 0 Å². The molecule has 0 aliphatic carbocycles. The summed E-state index contributed by atoms with van der Waals surface area (Å²) in [5, 5.41) is 45.3. The van der Waals surface area contributed by atoms with E-state index in [2.05, 4.69) is 10.6 Å². The van der Waals surface area contributed by atoms with Crippen LogP contribution in [-0.2, 0) is 40.0 Å². The number of β-amino-alcohol motifs (C(OH)–C–C–N with tert-alkyl or cyclic N) is 1. The van der Waals surface area contributed by atoms with Gasteiger partial charge in [-0.2, -0.15) is 0 Å². The van der Waals surface area contributed by atoms with Gasteiger partial charge in [0.15, 0.2) is 0 Å². The van der Waals surface area contributed by atoms with Crippen molar-refractivity contribution in [1.82, 2.24) is 35.1 Å². The molecule has 4 amide bonds. The second-order valence-corrected chi connectivity index (χ2v) is 12.7. The SMILES string of the molecule is NCC(=O)N[C@@H](Cc1ccccc1)C(=O)N1C[C@H](O)C(N2CCN(CC(=O)O)CCN(CC(=O)O)CCN(CC(=O)O)CC2)[C@H]1C(=O)NCC(N)=O.[Lu]. The number of carbonyl (C=O) groups is 7. The van der Waals surface area contributed by atoms with Gasteiger partial charge in [-0.1, -0.05) is 30.3 Å². The smallest absolute Gasteiger partial charge is 0.317 e. The molecule has 0 aromatic heterocycles. The van der Waals surface area contributed by atoms with Crippen molar-refractivity contribution in [2.24, 2.45) is 11.5 Å². The molecule has 2 aliphatic rings. The monoisotopic (exact) mass is 910 g/mol. The molecule has 4 atom stereocenters. The van der Waals surface area contributed by atoms with Crippen LogP contribution in [-0.4, -0.2) is 202 Å².